The molecule has 0 aliphatic carbocycles. The number of fused-ring (bicyclic) bond motifs is 9. The van der Waals surface area contributed by atoms with Gasteiger partial charge in [-0.2, -0.15) is 0 Å². The fourth-order valence-electron chi connectivity index (χ4n) is 6.29. The van der Waals surface area contributed by atoms with Crippen molar-refractivity contribution in [2.24, 2.45) is 0 Å². The predicted molar refractivity (Wildman–Crippen MR) is 178 cm³/mol. The maximum atomic E-state index is 7.91. The maximum Gasteiger partial charge on any atom is 0.136 e. The molecule has 1 N–H and O–H groups in total. The molecule has 192 valence electrons. The van der Waals surface area contributed by atoms with Crippen molar-refractivity contribution in [1.82, 2.24) is 0 Å². The fourth-order valence-corrected chi connectivity index (χ4v) is 8.61. The summed E-state index contributed by atoms with van der Waals surface area (Å²) in [5.41, 5.74) is 7.41. The lowest BCUT2D eigenvalue weighted by atomic mass is 9.96. The molecule has 3 heterocycles. The third-order valence-corrected chi connectivity index (χ3v) is 10.5. The molecule has 0 spiro atoms. The predicted octanol–water partition coefficient (Wildman–Crippen LogP) is 11.7. The van der Waals surface area contributed by atoms with Gasteiger partial charge in [0.1, 0.15) is 11.2 Å². The summed E-state index contributed by atoms with van der Waals surface area (Å²) in [6.45, 7) is 0. The summed E-state index contributed by atoms with van der Waals surface area (Å²) in [7, 11) is 0. The number of thiophene rings is 2. The molecular formula is C37H21NOS2. The van der Waals surface area contributed by atoms with Gasteiger partial charge in [-0.1, -0.05) is 72.8 Å². The van der Waals surface area contributed by atoms with E-state index < -0.39 is 0 Å². The molecule has 0 aliphatic rings. The minimum absolute atomic E-state index is 0.818. The van der Waals surface area contributed by atoms with Gasteiger partial charge in [-0.25, -0.2) is 0 Å². The molecule has 9 rings (SSSR count). The van der Waals surface area contributed by atoms with Crippen LogP contribution in [0.3, 0.4) is 0 Å². The second kappa shape index (κ2) is 8.61. The third-order valence-electron chi connectivity index (χ3n) is 8.20. The molecule has 0 unspecified atom stereocenters. The first-order chi connectivity index (χ1) is 20.2. The van der Waals surface area contributed by atoms with Gasteiger partial charge in [0.25, 0.3) is 0 Å². The van der Waals surface area contributed by atoms with Gasteiger partial charge in [0.05, 0.1) is 0 Å². The SMILES string of the molecule is N=Cc1cccc2oc3ccc(-c4cccc5sc6cc(-c7ccc8c(c7)sc7ccccc78)ccc6c45)cc3c12. The summed E-state index contributed by atoms with van der Waals surface area (Å²) < 4.78 is 11.4. The average molecular weight is 560 g/mol. The number of hydrogen-bond donors (Lipinski definition) is 1. The van der Waals surface area contributed by atoms with Crippen LogP contribution in [0.4, 0.5) is 0 Å². The van der Waals surface area contributed by atoms with Gasteiger partial charge < -0.3 is 9.83 Å². The Bertz CT molecular complexity index is 2510. The van der Waals surface area contributed by atoms with Crippen molar-refractivity contribution < 1.29 is 4.42 Å². The van der Waals surface area contributed by atoms with Gasteiger partial charge in [0, 0.05) is 62.9 Å². The number of hydrogen-bond acceptors (Lipinski definition) is 4. The lowest BCUT2D eigenvalue weighted by Gasteiger charge is -2.06. The Balaban J connectivity index is 1.21. The Hall–Kier alpha value is -4.77. The van der Waals surface area contributed by atoms with Crippen molar-refractivity contribution in [1.29, 1.82) is 5.41 Å². The summed E-state index contributed by atoms with van der Waals surface area (Å²) >= 11 is 3.72. The molecule has 9 aromatic rings. The van der Waals surface area contributed by atoms with Gasteiger partial charge in [-0.3, -0.25) is 0 Å². The van der Waals surface area contributed by atoms with Crippen LogP contribution in [0.25, 0.3) is 84.5 Å². The molecule has 6 aromatic carbocycles. The topological polar surface area (TPSA) is 37.0 Å². The maximum absolute atomic E-state index is 7.91. The number of benzene rings is 6. The van der Waals surface area contributed by atoms with Crippen molar-refractivity contribution in [2.45, 2.75) is 0 Å². The second-order valence-corrected chi connectivity index (χ2v) is 12.6. The summed E-state index contributed by atoms with van der Waals surface area (Å²) in [4.78, 5) is 0. The van der Waals surface area contributed by atoms with E-state index >= 15 is 0 Å². The quantitative estimate of drug-likeness (QED) is 0.215. The van der Waals surface area contributed by atoms with Crippen LogP contribution in [0, 0.1) is 5.41 Å². The summed E-state index contributed by atoms with van der Waals surface area (Å²) in [5.74, 6) is 0. The highest BCUT2D eigenvalue weighted by atomic mass is 32.1. The van der Waals surface area contributed by atoms with Gasteiger partial charge in [0.15, 0.2) is 0 Å². The number of nitrogens with one attached hydrogen (secondary N) is 1. The summed E-state index contributed by atoms with van der Waals surface area (Å²) in [6, 6.07) is 41.4. The highest BCUT2D eigenvalue weighted by molar-refractivity contribution is 7.26. The van der Waals surface area contributed by atoms with E-state index in [9.17, 15) is 0 Å². The zero-order valence-corrected chi connectivity index (χ0v) is 23.4. The van der Waals surface area contributed by atoms with Gasteiger partial charge in [-0.05, 0) is 64.7 Å². The van der Waals surface area contributed by atoms with Crippen LogP contribution in [-0.4, -0.2) is 6.21 Å². The Labute approximate surface area is 243 Å². The number of furan rings is 1. The largest absolute Gasteiger partial charge is 0.456 e. The normalized spacial score (nSPS) is 12.0. The van der Waals surface area contributed by atoms with E-state index in [0.717, 1.165) is 33.1 Å². The molecule has 3 aromatic heterocycles. The molecule has 0 fully saturated rings. The molecule has 4 heteroatoms. The first-order valence-electron chi connectivity index (χ1n) is 13.6. The first-order valence-corrected chi connectivity index (χ1v) is 15.2. The van der Waals surface area contributed by atoms with E-state index in [1.54, 1.807) is 0 Å². The van der Waals surface area contributed by atoms with Crippen LogP contribution in [0.15, 0.2) is 120 Å². The smallest absolute Gasteiger partial charge is 0.136 e. The summed E-state index contributed by atoms with van der Waals surface area (Å²) in [5, 5.41) is 15.2. The van der Waals surface area contributed by atoms with Crippen LogP contribution in [0.2, 0.25) is 0 Å². The van der Waals surface area contributed by atoms with Crippen LogP contribution in [0.1, 0.15) is 5.56 Å². The minimum Gasteiger partial charge on any atom is -0.456 e. The highest BCUT2D eigenvalue weighted by Crippen LogP contribution is 2.43. The first kappa shape index (κ1) is 23.0. The monoisotopic (exact) mass is 559 g/mol. The molecule has 41 heavy (non-hydrogen) atoms. The van der Waals surface area contributed by atoms with Crippen molar-refractivity contribution >= 4 is 91.2 Å². The van der Waals surface area contributed by atoms with Crippen molar-refractivity contribution in [3.05, 3.63) is 121 Å². The Morgan fingerprint density at radius 1 is 0.488 bits per heavy atom. The van der Waals surface area contributed by atoms with Crippen LogP contribution >= 0.6 is 22.7 Å². The molecule has 0 amide bonds. The molecule has 0 saturated heterocycles. The average Bonchev–Trinajstić information content (AvgIpc) is 3.70. The standard InChI is InChI=1S/C37H21NOS2/c38-20-24-5-3-8-31-36(24)29-17-23(13-16-30(29)39-31)25-7-4-10-33-37(25)28-15-12-22(19-35(28)41-33)21-11-14-27-26-6-1-2-9-32(26)40-34(27)18-21/h1-20,38H. The third kappa shape index (κ3) is 3.38. The molecule has 2 nitrogen and oxygen atoms in total. The van der Waals surface area contributed by atoms with Gasteiger partial charge >= 0.3 is 0 Å². The molecule has 0 bridgehead atoms. The molecular weight excluding hydrogens is 539 g/mol. The molecule has 0 radical (unpaired) electrons. The van der Waals surface area contributed by atoms with Crippen LogP contribution in [-0.2, 0) is 0 Å². The van der Waals surface area contributed by atoms with E-state index in [4.69, 9.17) is 9.83 Å². The van der Waals surface area contributed by atoms with E-state index in [1.165, 1.54) is 63.2 Å². The van der Waals surface area contributed by atoms with E-state index in [-0.39, 0.29) is 0 Å². The number of rotatable bonds is 3. The van der Waals surface area contributed by atoms with E-state index in [1.807, 2.05) is 40.9 Å². The van der Waals surface area contributed by atoms with Gasteiger partial charge in [-0.15, -0.1) is 22.7 Å². The van der Waals surface area contributed by atoms with Crippen molar-refractivity contribution in [3.63, 3.8) is 0 Å². The lowest BCUT2D eigenvalue weighted by molar-refractivity contribution is 0.669. The minimum atomic E-state index is 0.818. The lowest BCUT2D eigenvalue weighted by Crippen LogP contribution is -1.82. The summed E-state index contributed by atoms with van der Waals surface area (Å²) in [6.07, 6.45) is 1.41. The van der Waals surface area contributed by atoms with Crippen molar-refractivity contribution in [3.8, 4) is 22.3 Å². The second-order valence-electron chi connectivity index (χ2n) is 10.5. The van der Waals surface area contributed by atoms with Crippen LogP contribution < -0.4 is 0 Å². The molecule has 0 atom stereocenters. The molecule has 0 aliphatic heterocycles. The fraction of sp³-hybridized carbons (Fsp3) is 0. The van der Waals surface area contributed by atoms with E-state index in [2.05, 4.69) is 97.1 Å². The zero-order valence-electron chi connectivity index (χ0n) is 21.8. The highest BCUT2D eigenvalue weighted by Gasteiger charge is 2.15. The Kier molecular flexibility index (Phi) is 4.83. The van der Waals surface area contributed by atoms with E-state index in [0.29, 0.717) is 0 Å². The molecule has 0 saturated carbocycles. The van der Waals surface area contributed by atoms with Crippen LogP contribution in [0.5, 0.6) is 0 Å². The Morgan fingerprint density at radius 2 is 1.20 bits per heavy atom. The Morgan fingerprint density at radius 3 is 2.07 bits per heavy atom. The van der Waals surface area contributed by atoms with Gasteiger partial charge in [0.2, 0.25) is 0 Å². The zero-order chi connectivity index (χ0) is 27.1. The van der Waals surface area contributed by atoms with Crippen molar-refractivity contribution in [2.75, 3.05) is 0 Å².